The number of hydrogen-bond acceptors (Lipinski definition) is 6. The number of aliphatic hydroxyl groups is 2. The molecule has 0 radical (unpaired) electrons. The summed E-state index contributed by atoms with van der Waals surface area (Å²) in [5.74, 6) is 1.24. The van der Waals surface area contributed by atoms with Gasteiger partial charge in [0.1, 0.15) is 0 Å². The Bertz CT molecular complexity index is 387. The van der Waals surface area contributed by atoms with E-state index in [1.807, 2.05) is 0 Å². The first-order valence-electron chi connectivity index (χ1n) is 9.01. The molecular weight excluding hydrogens is 316 g/mol. The Morgan fingerprint density at radius 2 is 2.00 bits per heavy atom. The third-order valence-electron chi connectivity index (χ3n) is 5.78. The molecule has 0 spiro atoms. The summed E-state index contributed by atoms with van der Waals surface area (Å²) >= 11 is 6.21. The zero-order valence-corrected chi connectivity index (χ0v) is 14.6. The van der Waals surface area contributed by atoms with E-state index in [1.54, 1.807) is 6.92 Å². The number of piperidine rings is 1. The van der Waals surface area contributed by atoms with Crippen LogP contribution in [0.15, 0.2) is 0 Å². The van der Waals surface area contributed by atoms with Gasteiger partial charge in [0.15, 0.2) is 0 Å². The second-order valence-electron chi connectivity index (χ2n) is 7.51. The molecule has 23 heavy (non-hydrogen) atoms. The molecule has 1 aliphatic carbocycles. The number of rotatable bonds is 4. The lowest BCUT2D eigenvalue weighted by atomic mass is 9.69. The molecule has 0 aromatic heterocycles. The van der Waals surface area contributed by atoms with E-state index in [0.29, 0.717) is 24.8 Å². The normalized spacial score (nSPS) is 46.2. The number of aliphatic hydroxyl groups excluding tert-OH is 2. The zero-order chi connectivity index (χ0) is 16.4. The van der Waals surface area contributed by atoms with Gasteiger partial charge in [0.05, 0.1) is 18.4 Å². The average Bonchev–Trinajstić information content (AvgIpc) is 2.53. The molecule has 0 aromatic carbocycles. The standard InChI is InChI=1S/C16H31ClN4O2/c1-9(22)7-19-16-13-8-18-5-4-11(13)15(20-21-16)12-3-2-10(17)6-14(12)23/h9-16,18-23H,2-8H2,1H3/t9-,10?,11?,12?,13?,14?,15?,16?/m0/s1. The lowest BCUT2D eigenvalue weighted by Crippen LogP contribution is -2.71. The summed E-state index contributed by atoms with van der Waals surface area (Å²) in [4.78, 5) is 0. The molecule has 7 heteroatoms. The summed E-state index contributed by atoms with van der Waals surface area (Å²) in [5.41, 5.74) is 6.88. The minimum atomic E-state index is -0.356. The highest BCUT2D eigenvalue weighted by Crippen LogP contribution is 2.38. The molecule has 1 saturated carbocycles. The highest BCUT2D eigenvalue weighted by molar-refractivity contribution is 6.20. The van der Waals surface area contributed by atoms with E-state index in [-0.39, 0.29) is 35.7 Å². The maximum absolute atomic E-state index is 10.5. The van der Waals surface area contributed by atoms with Crippen LogP contribution in [0, 0.1) is 17.8 Å². The third kappa shape index (κ3) is 4.18. The molecule has 6 nitrogen and oxygen atoms in total. The minimum absolute atomic E-state index is 0.113. The molecule has 2 saturated heterocycles. The van der Waals surface area contributed by atoms with Gasteiger partial charge in [0, 0.05) is 36.3 Å². The van der Waals surface area contributed by atoms with Crippen molar-refractivity contribution in [2.75, 3.05) is 19.6 Å². The lowest BCUT2D eigenvalue weighted by molar-refractivity contribution is -0.0206. The fourth-order valence-electron chi connectivity index (χ4n) is 4.58. The predicted molar refractivity (Wildman–Crippen MR) is 91.0 cm³/mol. The van der Waals surface area contributed by atoms with Crippen molar-refractivity contribution in [1.29, 1.82) is 0 Å². The van der Waals surface area contributed by atoms with Crippen molar-refractivity contribution in [2.24, 2.45) is 17.8 Å². The van der Waals surface area contributed by atoms with Crippen LogP contribution >= 0.6 is 11.6 Å². The van der Waals surface area contributed by atoms with E-state index in [2.05, 4.69) is 21.5 Å². The molecular formula is C16H31ClN4O2. The van der Waals surface area contributed by atoms with Gasteiger partial charge in [-0.25, -0.2) is 5.43 Å². The molecule has 6 N–H and O–H groups in total. The second-order valence-corrected chi connectivity index (χ2v) is 8.13. The highest BCUT2D eigenvalue weighted by Gasteiger charge is 2.46. The van der Waals surface area contributed by atoms with Crippen LogP contribution in [0.3, 0.4) is 0 Å². The van der Waals surface area contributed by atoms with Gasteiger partial charge in [0.25, 0.3) is 0 Å². The maximum Gasteiger partial charge on any atom is 0.0749 e. The van der Waals surface area contributed by atoms with E-state index in [1.165, 1.54) is 0 Å². The summed E-state index contributed by atoms with van der Waals surface area (Å²) in [6, 6.07) is 0.283. The van der Waals surface area contributed by atoms with Crippen molar-refractivity contribution in [2.45, 2.75) is 62.4 Å². The van der Waals surface area contributed by atoms with Crippen molar-refractivity contribution in [1.82, 2.24) is 21.5 Å². The zero-order valence-electron chi connectivity index (χ0n) is 13.8. The van der Waals surface area contributed by atoms with E-state index in [9.17, 15) is 10.2 Å². The Hall–Kier alpha value is 0.0500. The fraction of sp³-hybridized carbons (Fsp3) is 1.00. The topological polar surface area (TPSA) is 88.6 Å². The van der Waals surface area contributed by atoms with Gasteiger partial charge in [-0.05, 0) is 45.1 Å². The summed E-state index contributed by atoms with van der Waals surface area (Å²) in [7, 11) is 0. The molecule has 3 fully saturated rings. The first-order valence-corrected chi connectivity index (χ1v) is 9.45. The van der Waals surface area contributed by atoms with E-state index < -0.39 is 0 Å². The van der Waals surface area contributed by atoms with E-state index >= 15 is 0 Å². The Kier molecular flexibility index (Phi) is 6.18. The van der Waals surface area contributed by atoms with Crippen LogP contribution in [0.25, 0.3) is 0 Å². The van der Waals surface area contributed by atoms with Crippen LogP contribution in [0.4, 0.5) is 0 Å². The van der Waals surface area contributed by atoms with E-state index in [0.717, 1.165) is 32.4 Å². The van der Waals surface area contributed by atoms with Crippen LogP contribution in [-0.2, 0) is 0 Å². The van der Waals surface area contributed by atoms with Crippen molar-refractivity contribution in [3.8, 4) is 0 Å². The smallest absolute Gasteiger partial charge is 0.0749 e. The van der Waals surface area contributed by atoms with Crippen LogP contribution in [0.2, 0.25) is 0 Å². The van der Waals surface area contributed by atoms with Crippen molar-refractivity contribution >= 4 is 11.6 Å². The average molecular weight is 347 g/mol. The Balaban J connectivity index is 1.66. The molecule has 3 aliphatic rings. The number of nitrogens with one attached hydrogen (secondary N) is 4. The quantitative estimate of drug-likeness (QED) is 0.394. The van der Waals surface area contributed by atoms with Gasteiger partial charge in [-0.2, -0.15) is 0 Å². The van der Waals surface area contributed by atoms with Gasteiger partial charge in [-0.3, -0.25) is 10.7 Å². The van der Waals surface area contributed by atoms with Crippen LogP contribution in [-0.4, -0.2) is 59.6 Å². The first-order chi connectivity index (χ1) is 11.1. The number of hydrazine groups is 1. The molecule has 2 heterocycles. The van der Waals surface area contributed by atoms with Gasteiger partial charge >= 0.3 is 0 Å². The highest BCUT2D eigenvalue weighted by atomic mass is 35.5. The van der Waals surface area contributed by atoms with Gasteiger partial charge < -0.3 is 15.5 Å². The molecule has 0 bridgehead atoms. The molecule has 0 amide bonds. The number of alkyl halides is 1. The lowest BCUT2D eigenvalue weighted by Gasteiger charge is -2.51. The van der Waals surface area contributed by atoms with Crippen LogP contribution in [0.5, 0.6) is 0 Å². The first kappa shape index (κ1) is 17.9. The Morgan fingerprint density at radius 3 is 2.74 bits per heavy atom. The van der Waals surface area contributed by atoms with E-state index in [4.69, 9.17) is 11.6 Å². The fourth-order valence-corrected chi connectivity index (χ4v) is 4.89. The van der Waals surface area contributed by atoms with Crippen molar-refractivity contribution in [3.05, 3.63) is 0 Å². The Morgan fingerprint density at radius 1 is 1.17 bits per heavy atom. The molecule has 134 valence electrons. The molecule has 3 rings (SSSR count). The molecule has 8 atom stereocenters. The van der Waals surface area contributed by atoms with Gasteiger partial charge in [0.2, 0.25) is 0 Å². The SMILES string of the molecule is C[C@H](O)CNC1NNC(C2CCC(Cl)CC2O)C2CCNCC12. The van der Waals surface area contributed by atoms with Crippen molar-refractivity contribution < 1.29 is 10.2 Å². The minimum Gasteiger partial charge on any atom is -0.393 e. The number of fused-ring (bicyclic) bond motifs is 1. The summed E-state index contributed by atoms with van der Waals surface area (Å²) in [5, 5.41) is 27.0. The predicted octanol–water partition coefficient (Wildman–Crippen LogP) is -0.247. The van der Waals surface area contributed by atoms with Crippen LogP contribution < -0.4 is 21.5 Å². The molecule has 0 aromatic rings. The van der Waals surface area contributed by atoms with Crippen molar-refractivity contribution in [3.63, 3.8) is 0 Å². The summed E-state index contributed by atoms with van der Waals surface area (Å²) in [6.45, 7) is 4.37. The van der Waals surface area contributed by atoms with Crippen LogP contribution in [0.1, 0.15) is 32.6 Å². The maximum atomic E-state index is 10.5. The summed E-state index contributed by atoms with van der Waals surface area (Å²) in [6.07, 6.45) is 3.25. The monoisotopic (exact) mass is 346 g/mol. The Labute approximate surface area is 143 Å². The van der Waals surface area contributed by atoms with Gasteiger partial charge in [-0.15, -0.1) is 11.6 Å². The number of halogens is 1. The largest absolute Gasteiger partial charge is 0.393 e. The molecule has 2 aliphatic heterocycles. The summed E-state index contributed by atoms with van der Waals surface area (Å²) < 4.78 is 0. The second kappa shape index (κ2) is 7.95. The number of hydrogen-bond donors (Lipinski definition) is 6. The molecule has 7 unspecified atom stereocenters. The van der Waals surface area contributed by atoms with Gasteiger partial charge in [-0.1, -0.05) is 0 Å². The third-order valence-corrected chi connectivity index (χ3v) is 6.17.